The van der Waals surface area contributed by atoms with Crippen molar-refractivity contribution in [3.8, 4) is 11.6 Å². The fourth-order valence-corrected chi connectivity index (χ4v) is 1.84. The molecule has 0 aliphatic rings. The van der Waals surface area contributed by atoms with Gasteiger partial charge in [0.1, 0.15) is 11.4 Å². The van der Waals surface area contributed by atoms with Crippen LogP contribution in [0.25, 0.3) is 22.6 Å². The van der Waals surface area contributed by atoms with Crippen molar-refractivity contribution in [2.75, 3.05) is 0 Å². The number of nitrogens with zero attached hydrogens (tertiary/aromatic N) is 2. The predicted molar refractivity (Wildman–Crippen MR) is 65.7 cm³/mol. The zero-order valence-electron chi connectivity index (χ0n) is 9.82. The Hall–Kier alpha value is -2.10. The first kappa shape index (κ1) is 10.1. The van der Waals surface area contributed by atoms with Crippen molar-refractivity contribution >= 4 is 11.0 Å². The number of nitrogens with one attached hydrogen (secondary N) is 1. The number of hydrogen-bond donors (Lipinski definition) is 1. The van der Waals surface area contributed by atoms with Gasteiger partial charge in [0.25, 0.3) is 0 Å². The summed E-state index contributed by atoms with van der Waals surface area (Å²) in [5.74, 6) is 2.20. The van der Waals surface area contributed by atoms with Crippen LogP contribution in [0.3, 0.4) is 0 Å². The molecule has 86 valence electrons. The summed E-state index contributed by atoms with van der Waals surface area (Å²) in [6.07, 6.45) is 0.840. The van der Waals surface area contributed by atoms with Crippen LogP contribution < -0.4 is 0 Å². The minimum absolute atomic E-state index is 0.621. The van der Waals surface area contributed by atoms with Gasteiger partial charge < -0.3 is 4.42 Å². The molecule has 1 N–H and O–H groups in total. The second kappa shape index (κ2) is 3.73. The van der Waals surface area contributed by atoms with Gasteiger partial charge in [-0.25, -0.2) is 4.98 Å². The molecule has 1 aromatic carbocycles. The van der Waals surface area contributed by atoms with Crippen molar-refractivity contribution in [1.29, 1.82) is 0 Å². The number of aryl methyl sites for hydroxylation is 2. The van der Waals surface area contributed by atoms with Gasteiger partial charge in [0.2, 0.25) is 5.82 Å². The molecule has 3 rings (SSSR count). The predicted octanol–water partition coefficient (Wildman–Crippen LogP) is 3.09. The summed E-state index contributed by atoms with van der Waals surface area (Å²) in [5, 5.41) is 8.12. The molecule has 0 atom stereocenters. The van der Waals surface area contributed by atoms with Gasteiger partial charge in [-0.05, 0) is 25.1 Å². The Morgan fingerprint density at radius 1 is 1.29 bits per heavy atom. The van der Waals surface area contributed by atoms with Crippen LogP contribution in [0.15, 0.2) is 28.7 Å². The molecule has 4 heteroatoms. The van der Waals surface area contributed by atoms with Gasteiger partial charge in [-0.15, -0.1) is 0 Å². The fourth-order valence-electron chi connectivity index (χ4n) is 1.84. The Bertz CT molecular complexity index is 666. The van der Waals surface area contributed by atoms with Gasteiger partial charge in [0.05, 0.1) is 0 Å². The number of benzene rings is 1. The summed E-state index contributed by atoms with van der Waals surface area (Å²) < 4.78 is 5.72. The summed E-state index contributed by atoms with van der Waals surface area (Å²) in [5.41, 5.74) is 2.09. The molecule has 0 aliphatic carbocycles. The van der Waals surface area contributed by atoms with Gasteiger partial charge in [-0.1, -0.05) is 18.6 Å². The smallest absolute Gasteiger partial charge is 0.216 e. The molecule has 0 saturated heterocycles. The van der Waals surface area contributed by atoms with Crippen molar-refractivity contribution < 1.29 is 4.42 Å². The number of rotatable bonds is 2. The number of H-pyrrole nitrogens is 1. The van der Waals surface area contributed by atoms with E-state index in [1.54, 1.807) is 0 Å². The highest BCUT2D eigenvalue weighted by Gasteiger charge is 2.10. The first-order chi connectivity index (χ1) is 8.26. The van der Waals surface area contributed by atoms with E-state index < -0.39 is 0 Å². The van der Waals surface area contributed by atoms with Gasteiger partial charge in [-0.3, -0.25) is 5.10 Å². The van der Waals surface area contributed by atoms with E-state index in [-0.39, 0.29) is 0 Å². The van der Waals surface area contributed by atoms with Gasteiger partial charge >= 0.3 is 0 Å². The normalized spacial score (nSPS) is 11.2. The molecule has 0 fully saturated rings. The first-order valence-electron chi connectivity index (χ1n) is 5.68. The van der Waals surface area contributed by atoms with E-state index in [0.29, 0.717) is 11.6 Å². The maximum Gasteiger partial charge on any atom is 0.216 e. The van der Waals surface area contributed by atoms with E-state index in [1.165, 1.54) is 5.56 Å². The molecule has 0 amide bonds. The number of furan rings is 1. The number of aromatic amines is 1. The van der Waals surface area contributed by atoms with Crippen molar-refractivity contribution in [2.45, 2.75) is 20.3 Å². The van der Waals surface area contributed by atoms with Gasteiger partial charge in [-0.2, -0.15) is 5.10 Å². The van der Waals surface area contributed by atoms with Crippen molar-refractivity contribution in [2.24, 2.45) is 0 Å². The summed E-state index contributed by atoms with van der Waals surface area (Å²) in [6.45, 7) is 4.10. The Morgan fingerprint density at radius 2 is 2.18 bits per heavy atom. The van der Waals surface area contributed by atoms with Crippen LogP contribution in [0.4, 0.5) is 0 Å². The summed E-state index contributed by atoms with van der Waals surface area (Å²) in [7, 11) is 0. The molecule has 0 saturated carbocycles. The molecule has 0 unspecified atom stereocenters. The monoisotopic (exact) mass is 227 g/mol. The third-order valence-corrected chi connectivity index (χ3v) is 2.76. The molecule has 17 heavy (non-hydrogen) atoms. The van der Waals surface area contributed by atoms with Crippen LogP contribution >= 0.6 is 0 Å². The molecule has 4 nitrogen and oxygen atoms in total. The molecular weight excluding hydrogens is 214 g/mol. The second-order valence-electron chi connectivity index (χ2n) is 4.11. The second-order valence-corrected chi connectivity index (χ2v) is 4.11. The lowest BCUT2D eigenvalue weighted by molar-refractivity contribution is 0.625. The highest BCUT2D eigenvalue weighted by Crippen LogP contribution is 2.26. The van der Waals surface area contributed by atoms with Crippen LogP contribution in [0.1, 0.15) is 18.3 Å². The van der Waals surface area contributed by atoms with Gasteiger partial charge in [0, 0.05) is 11.8 Å². The molecule has 0 spiro atoms. The summed E-state index contributed by atoms with van der Waals surface area (Å²) in [4.78, 5) is 4.36. The number of hydrogen-bond acceptors (Lipinski definition) is 3. The van der Waals surface area contributed by atoms with Crippen LogP contribution in [0, 0.1) is 6.92 Å². The number of fused-ring (bicyclic) bond motifs is 1. The Morgan fingerprint density at radius 3 is 2.94 bits per heavy atom. The fraction of sp³-hybridized carbons (Fsp3) is 0.231. The Kier molecular flexibility index (Phi) is 2.21. The van der Waals surface area contributed by atoms with E-state index in [9.17, 15) is 0 Å². The summed E-state index contributed by atoms with van der Waals surface area (Å²) >= 11 is 0. The zero-order chi connectivity index (χ0) is 11.8. The van der Waals surface area contributed by atoms with E-state index in [0.717, 1.165) is 23.2 Å². The van der Waals surface area contributed by atoms with E-state index in [2.05, 4.69) is 28.2 Å². The Balaban J connectivity index is 2.11. The highest BCUT2D eigenvalue weighted by molar-refractivity contribution is 5.82. The third kappa shape index (κ3) is 1.71. The maximum atomic E-state index is 5.72. The van der Waals surface area contributed by atoms with Gasteiger partial charge in [0.15, 0.2) is 5.76 Å². The molecule has 0 bridgehead atoms. The average Bonchev–Trinajstić information content (AvgIpc) is 2.93. The van der Waals surface area contributed by atoms with E-state index in [4.69, 9.17) is 4.42 Å². The lowest BCUT2D eigenvalue weighted by atomic mass is 10.2. The molecule has 2 heterocycles. The topological polar surface area (TPSA) is 54.7 Å². The molecular formula is C13H13N3O. The molecule has 2 aromatic heterocycles. The molecule has 0 radical (unpaired) electrons. The van der Waals surface area contributed by atoms with Crippen molar-refractivity contribution in [3.63, 3.8) is 0 Å². The van der Waals surface area contributed by atoms with E-state index >= 15 is 0 Å². The lowest BCUT2D eigenvalue weighted by Gasteiger charge is -1.89. The van der Waals surface area contributed by atoms with Crippen molar-refractivity contribution in [1.82, 2.24) is 15.2 Å². The largest absolute Gasteiger partial charge is 0.453 e. The highest BCUT2D eigenvalue weighted by atomic mass is 16.3. The van der Waals surface area contributed by atoms with Crippen LogP contribution in [0.2, 0.25) is 0 Å². The molecule has 3 aromatic rings. The SMILES string of the molecule is CCc1nc(-c2cc3cc(C)ccc3o2)n[nH]1. The maximum absolute atomic E-state index is 5.72. The van der Waals surface area contributed by atoms with Crippen molar-refractivity contribution in [3.05, 3.63) is 35.7 Å². The minimum atomic E-state index is 0.621. The quantitative estimate of drug-likeness (QED) is 0.731. The van der Waals surface area contributed by atoms with E-state index in [1.807, 2.05) is 25.1 Å². The average molecular weight is 227 g/mol. The van der Waals surface area contributed by atoms with Crippen LogP contribution in [-0.2, 0) is 6.42 Å². The lowest BCUT2D eigenvalue weighted by Crippen LogP contribution is -1.81. The molecule has 0 aliphatic heterocycles. The Labute approximate surface area is 98.7 Å². The van der Waals surface area contributed by atoms with Crippen LogP contribution in [0.5, 0.6) is 0 Å². The zero-order valence-corrected chi connectivity index (χ0v) is 9.82. The summed E-state index contributed by atoms with van der Waals surface area (Å²) in [6, 6.07) is 8.08. The number of aromatic nitrogens is 3. The minimum Gasteiger partial charge on any atom is -0.453 e. The third-order valence-electron chi connectivity index (χ3n) is 2.76. The standard InChI is InChI=1S/C13H13N3O/c1-3-12-14-13(16-15-12)11-7-9-6-8(2)4-5-10(9)17-11/h4-7H,3H2,1-2H3,(H,14,15,16). The first-order valence-corrected chi connectivity index (χ1v) is 5.68. The van der Waals surface area contributed by atoms with Crippen LogP contribution in [-0.4, -0.2) is 15.2 Å².